The third-order valence-electron chi connectivity index (χ3n) is 2.95. The Morgan fingerprint density at radius 2 is 0.789 bits per heavy atom. The summed E-state index contributed by atoms with van der Waals surface area (Å²) in [4.78, 5) is 20.3. The second kappa shape index (κ2) is 13.4. The number of amides is 2. The third-order valence-corrected chi connectivity index (χ3v) is 2.95. The van der Waals surface area contributed by atoms with Crippen LogP contribution in [0.4, 0.5) is 0 Å². The van der Waals surface area contributed by atoms with E-state index in [-0.39, 0.29) is 11.8 Å². The molecule has 2 aliphatic rings. The van der Waals surface area contributed by atoms with Crippen LogP contribution in [0.1, 0.15) is 83.5 Å². The van der Waals surface area contributed by atoms with Gasteiger partial charge in [0.25, 0.3) is 0 Å². The first-order valence-electron chi connectivity index (χ1n) is 7.69. The van der Waals surface area contributed by atoms with Crippen molar-refractivity contribution in [2.75, 3.05) is 0 Å². The van der Waals surface area contributed by atoms with Gasteiger partial charge in [0, 0.05) is 12.8 Å². The van der Waals surface area contributed by atoms with Crippen molar-refractivity contribution in [1.82, 2.24) is 0 Å². The number of nitrogens with two attached hydrogens (primary N) is 2. The van der Waals surface area contributed by atoms with Crippen molar-refractivity contribution in [2.45, 2.75) is 83.5 Å². The van der Waals surface area contributed by atoms with Gasteiger partial charge in [0.05, 0.1) is 0 Å². The van der Waals surface area contributed by atoms with Crippen LogP contribution >= 0.6 is 0 Å². The minimum absolute atomic E-state index is 0.329. The van der Waals surface area contributed by atoms with Gasteiger partial charge in [-0.15, -0.1) is 0 Å². The van der Waals surface area contributed by atoms with Crippen LogP contribution in [0.5, 0.6) is 0 Å². The van der Waals surface area contributed by atoms with E-state index >= 15 is 0 Å². The van der Waals surface area contributed by atoms with Crippen molar-refractivity contribution in [3.05, 3.63) is 0 Å². The fourth-order valence-electron chi connectivity index (χ4n) is 1.66. The minimum atomic E-state index is -0.329. The molecule has 0 unspecified atom stereocenters. The number of primary amides is 2. The molecule has 0 bridgehead atoms. The maximum atomic E-state index is 10.2. The minimum Gasteiger partial charge on any atom is -0.370 e. The Hall–Kier alpha value is -1.06. The summed E-state index contributed by atoms with van der Waals surface area (Å²) in [5.41, 5.74) is 9.71. The Labute approximate surface area is 117 Å². The zero-order valence-corrected chi connectivity index (χ0v) is 12.2. The number of hydrogen-bond acceptors (Lipinski definition) is 2. The summed E-state index contributed by atoms with van der Waals surface area (Å²) < 4.78 is 0. The van der Waals surface area contributed by atoms with Gasteiger partial charge in [-0.3, -0.25) is 9.59 Å². The van der Waals surface area contributed by atoms with Gasteiger partial charge in [-0.1, -0.05) is 57.8 Å². The predicted octanol–water partition coefficient (Wildman–Crippen LogP) is 3.03. The van der Waals surface area contributed by atoms with Gasteiger partial charge in [0.15, 0.2) is 0 Å². The van der Waals surface area contributed by atoms with E-state index in [2.05, 4.69) is 0 Å². The maximum absolute atomic E-state index is 10.2. The van der Waals surface area contributed by atoms with Crippen LogP contribution in [0.25, 0.3) is 0 Å². The first-order valence-corrected chi connectivity index (χ1v) is 7.69. The lowest BCUT2D eigenvalue weighted by molar-refractivity contribution is -0.119. The average Bonchev–Trinajstić information content (AvgIpc) is 3.25. The third kappa shape index (κ3) is 22.6. The first-order chi connectivity index (χ1) is 9.13. The fraction of sp³-hybridized carbons (Fsp3) is 0.867. The highest BCUT2D eigenvalue weighted by Gasteiger charge is 1.97. The highest BCUT2D eigenvalue weighted by molar-refractivity contribution is 5.74. The number of carbonyl (C=O) groups is 2. The van der Waals surface area contributed by atoms with E-state index in [1.165, 1.54) is 57.8 Å². The molecular formula is C15H30N2O2. The second-order valence-electron chi connectivity index (χ2n) is 5.32. The molecule has 0 aliphatic heterocycles. The van der Waals surface area contributed by atoms with Gasteiger partial charge in [-0.25, -0.2) is 0 Å². The molecule has 0 radical (unpaired) electrons. The van der Waals surface area contributed by atoms with Crippen LogP contribution in [-0.2, 0) is 9.59 Å². The lowest BCUT2D eigenvalue weighted by Gasteiger charge is -2.05. The summed E-state index contributed by atoms with van der Waals surface area (Å²) in [5, 5.41) is 0. The van der Waals surface area contributed by atoms with Gasteiger partial charge in [0.2, 0.25) is 11.8 Å². The molecule has 0 spiro atoms. The molecule has 112 valence electrons. The molecule has 0 aromatic carbocycles. The van der Waals surface area contributed by atoms with E-state index in [1.807, 2.05) is 0 Å². The van der Waals surface area contributed by atoms with Crippen molar-refractivity contribution in [2.24, 2.45) is 11.5 Å². The van der Waals surface area contributed by atoms with E-state index in [0.717, 1.165) is 0 Å². The van der Waals surface area contributed by atoms with Gasteiger partial charge < -0.3 is 11.5 Å². The number of unbranched alkanes of at least 4 members (excludes halogenated alkanes) is 1. The van der Waals surface area contributed by atoms with Gasteiger partial charge in [0.1, 0.15) is 0 Å². The Morgan fingerprint density at radius 3 is 0.947 bits per heavy atom. The Morgan fingerprint density at radius 1 is 0.579 bits per heavy atom. The van der Waals surface area contributed by atoms with Crippen LogP contribution in [0.2, 0.25) is 0 Å². The first kappa shape index (κ1) is 17.9. The molecule has 0 aromatic heterocycles. The maximum Gasteiger partial charge on any atom is 0.217 e. The highest BCUT2D eigenvalue weighted by atomic mass is 16.1. The number of rotatable bonds is 5. The van der Waals surface area contributed by atoms with E-state index in [0.29, 0.717) is 25.7 Å². The SMILES string of the molecule is C1CC1.C1CCCCC1.NC(=O)CCCCC(N)=O. The largest absolute Gasteiger partial charge is 0.370 e. The monoisotopic (exact) mass is 270 g/mol. The van der Waals surface area contributed by atoms with Crippen LogP contribution in [0, 0.1) is 0 Å². The standard InChI is InChI=1S/C6H12N2O2.C6H12.C3H6/c7-5(9)3-1-2-4-6(8)10;1-2-4-6-5-3-1;1-2-3-1/h1-4H2,(H2,7,9)(H2,8,10);1-6H2;1-3H2. The van der Waals surface area contributed by atoms with Crippen molar-refractivity contribution in [3.8, 4) is 0 Å². The van der Waals surface area contributed by atoms with Crippen LogP contribution < -0.4 is 11.5 Å². The lowest BCUT2D eigenvalue weighted by atomic mass is 10.0. The molecule has 19 heavy (non-hydrogen) atoms. The predicted molar refractivity (Wildman–Crippen MR) is 78.4 cm³/mol. The van der Waals surface area contributed by atoms with E-state index < -0.39 is 0 Å². The molecule has 4 nitrogen and oxygen atoms in total. The quantitative estimate of drug-likeness (QED) is 0.752. The Kier molecular flexibility index (Phi) is 12.6. The van der Waals surface area contributed by atoms with E-state index in [9.17, 15) is 9.59 Å². The highest BCUT2D eigenvalue weighted by Crippen LogP contribution is 2.15. The second-order valence-corrected chi connectivity index (χ2v) is 5.32. The summed E-state index contributed by atoms with van der Waals surface area (Å²) in [5.74, 6) is -0.658. The molecule has 0 aromatic rings. The summed E-state index contributed by atoms with van der Waals surface area (Å²) in [7, 11) is 0. The van der Waals surface area contributed by atoms with Crippen molar-refractivity contribution in [1.29, 1.82) is 0 Å². The molecule has 0 saturated heterocycles. The molecular weight excluding hydrogens is 240 g/mol. The van der Waals surface area contributed by atoms with E-state index in [1.54, 1.807) is 0 Å². The zero-order chi connectivity index (χ0) is 14.3. The van der Waals surface area contributed by atoms with Crippen LogP contribution in [-0.4, -0.2) is 11.8 Å². The molecule has 4 N–H and O–H groups in total. The molecule has 2 aliphatic carbocycles. The summed E-state index contributed by atoms with van der Waals surface area (Å²) in [6.07, 6.45) is 15.5. The summed E-state index contributed by atoms with van der Waals surface area (Å²) >= 11 is 0. The molecule has 0 heterocycles. The topological polar surface area (TPSA) is 86.2 Å². The molecule has 2 rings (SSSR count). The van der Waals surface area contributed by atoms with Crippen molar-refractivity contribution in [3.63, 3.8) is 0 Å². The van der Waals surface area contributed by atoms with E-state index in [4.69, 9.17) is 11.5 Å². The fourth-order valence-corrected chi connectivity index (χ4v) is 1.66. The zero-order valence-electron chi connectivity index (χ0n) is 12.2. The summed E-state index contributed by atoms with van der Waals surface area (Å²) in [6.45, 7) is 0. The van der Waals surface area contributed by atoms with Crippen molar-refractivity contribution < 1.29 is 9.59 Å². The normalized spacial score (nSPS) is 16.2. The Balaban J connectivity index is 0.000000297. The summed E-state index contributed by atoms with van der Waals surface area (Å²) in [6, 6.07) is 0. The molecule has 0 atom stereocenters. The lowest BCUT2D eigenvalue weighted by Crippen LogP contribution is -2.12. The van der Waals surface area contributed by atoms with Crippen molar-refractivity contribution >= 4 is 11.8 Å². The van der Waals surface area contributed by atoms with Gasteiger partial charge in [-0.05, 0) is 12.8 Å². The van der Waals surface area contributed by atoms with Gasteiger partial charge >= 0.3 is 0 Å². The Bertz CT molecular complexity index is 206. The van der Waals surface area contributed by atoms with Crippen LogP contribution in [0.15, 0.2) is 0 Å². The number of carbonyl (C=O) groups excluding carboxylic acids is 2. The molecule has 4 heteroatoms. The molecule has 2 amide bonds. The molecule has 2 saturated carbocycles. The molecule has 2 fully saturated rings. The van der Waals surface area contributed by atoms with Crippen LogP contribution in [0.3, 0.4) is 0 Å². The number of hydrogen-bond donors (Lipinski definition) is 2. The average molecular weight is 270 g/mol. The van der Waals surface area contributed by atoms with Gasteiger partial charge in [-0.2, -0.15) is 0 Å². The smallest absolute Gasteiger partial charge is 0.217 e.